The fourth-order valence-corrected chi connectivity index (χ4v) is 4.23. The van der Waals surface area contributed by atoms with E-state index in [0.29, 0.717) is 38.5 Å². The van der Waals surface area contributed by atoms with Crippen LogP contribution in [-0.4, -0.2) is 75.0 Å². The van der Waals surface area contributed by atoms with Crippen molar-refractivity contribution in [3.8, 4) is 0 Å². The number of amides is 3. The second-order valence-corrected chi connectivity index (χ2v) is 10.9. The summed E-state index contributed by atoms with van der Waals surface area (Å²) < 4.78 is 17.3. The summed E-state index contributed by atoms with van der Waals surface area (Å²) in [5, 5.41) is 2.96. The van der Waals surface area contributed by atoms with Gasteiger partial charge in [-0.3, -0.25) is 4.21 Å². The van der Waals surface area contributed by atoms with Gasteiger partial charge in [-0.05, 0) is 47.5 Å². The van der Waals surface area contributed by atoms with Gasteiger partial charge in [-0.1, -0.05) is 11.6 Å². The molecule has 0 saturated carbocycles. The third kappa shape index (κ3) is 6.52. The van der Waals surface area contributed by atoms with E-state index >= 15 is 0 Å². The summed E-state index contributed by atoms with van der Waals surface area (Å²) in [4.78, 5) is 27.9. The summed E-state index contributed by atoms with van der Waals surface area (Å²) in [5.74, 6) is 0.522. The van der Waals surface area contributed by atoms with Crippen molar-refractivity contribution in [3.05, 3.63) is 11.6 Å². The Morgan fingerprint density at radius 2 is 1.93 bits per heavy atom. The summed E-state index contributed by atoms with van der Waals surface area (Å²) >= 11 is 0. The minimum atomic E-state index is -0.912. The van der Waals surface area contributed by atoms with E-state index < -0.39 is 16.4 Å². The lowest BCUT2D eigenvalue weighted by Gasteiger charge is -2.30. The topological polar surface area (TPSA) is 79.0 Å². The molecule has 7 nitrogen and oxygen atoms in total. The molecule has 0 aromatic carbocycles. The van der Waals surface area contributed by atoms with Gasteiger partial charge in [0, 0.05) is 54.0 Å². The molecule has 8 heteroatoms. The van der Waals surface area contributed by atoms with Gasteiger partial charge in [-0.25, -0.2) is 9.59 Å². The van der Waals surface area contributed by atoms with Crippen molar-refractivity contribution in [2.24, 2.45) is 0 Å². The number of nitrogens with one attached hydrogen (secondary N) is 1. The number of carbonyl (C=O) groups excluding carboxylic acids is 2. The number of hydrogen-bond acceptors (Lipinski definition) is 4. The predicted molar refractivity (Wildman–Crippen MR) is 107 cm³/mol. The lowest BCUT2D eigenvalue weighted by molar-refractivity contribution is 0.0265. The van der Waals surface area contributed by atoms with E-state index in [1.807, 2.05) is 40.7 Å². The van der Waals surface area contributed by atoms with Crippen molar-refractivity contribution in [3.63, 3.8) is 0 Å². The quantitative estimate of drug-likeness (QED) is 0.724. The molecule has 0 radical (unpaired) electrons. The van der Waals surface area contributed by atoms with Crippen molar-refractivity contribution in [1.29, 1.82) is 0 Å². The third-order valence-corrected chi connectivity index (χ3v) is 6.85. The van der Waals surface area contributed by atoms with Gasteiger partial charge in [-0.2, -0.15) is 0 Å². The highest BCUT2D eigenvalue weighted by molar-refractivity contribution is 7.86. The van der Waals surface area contributed by atoms with E-state index in [1.165, 1.54) is 0 Å². The van der Waals surface area contributed by atoms with Crippen LogP contribution in [0, 0.1) is 0 Å². The van der Waals surface area contributed by atoms with E-state index in [1.54, 1.807) is 9.80 Å². The zero-order chi connectivity index (χ0) is 20.2. The fourth-order valence-electron chi connectivity index (χ4n) is 2.97. The highest BCUT2D eigenvalue weighted by atomic mass is 32.2. The Hall–Kier alpha value is -1.57. The largest absolute Gasteiger partial charge is 0.444 e. The maximum atomic E-state index is 12.4. The Morgan fingerprint density at radius 1 is 1.22 bits per heavy atom. The van der Waals surface area contributed by atoms with Gasteiger partial charge < -0.3 is 19.9 Å². The average Bonchev–Trinajstić information content (AvgIpc) is 2.71. The zero-order valence-electron chi connectivity index (χ0n) is 17.2. The van der Waals surface area contributed by atoms with Gasteiger partial charge in [0.15, 0.2) is 0 Å². The van der Waals surface area contributed by atoms with E-state index in [-0.39, 0.29) is 16.9 Å². The normalized spacial score (nSPS) is 23.3. The second-order valence-electron chi connectivity index (χ2n) is 8.74. The summed E-state index contributed by atoms with van der Waals surface area (Å²) in [6.45, 7) is 12.3. The van der Waals surface area contributed by atoms with Gasteiger partial charge >= 0.3 is 12.1 Å². The van der Waals surface area contributed by atoms with Crippen LogP contribution in [0.2, 0.25) is 0 Å². The molecule has 0 aliphatic carbocycles. The molecule has 1 fully saturated rings. The van der Waals surface area contributed by atoms with Crippen LogP contribution in [0.3, 0.4) is 0 Å². The Morgan fingerprint density at radius 3 is 2.52 bits per heavy atom. The molecule has 0 bridgehead atoms. The zero-order valence-corrected chi connectivity index (χ0v) is 18.0. The van der Waals surface area contributed by atoms with Crippen LogP contribution in [0.5, 0.6) is 0 Å². The van der Waals surface area contributed by atoms with Crippen LogP contribution < -0.4 is 5.32 Å². The van der Waals surface area contributed by atoms with Gasteiger partial charge in [0.1, 0.15) is 5.60 Å². The molecule has 2 aliphatic rings. The lowest BCUT2D eigenvalue weighted by Crippen LogP contribution is -2.43. The maximum Gasteiger partial charge on any atom is 0.410 e. The summed E-state index contributed by atoms with van der Waals surface area (Å²) in [5.41, 5.74) is 0.613. The maximum absolute atomic E-state index is 12.4. The predicted octanol–water partition coefficient (Wildman–Crippen LogP) is 2.50. The first-order valence-corrected chi connectivity index (χ1v) is 10.9. The van der Waals surface area contributed by atoms with Gasteiger partial charge in [0.05, 0.1) is 0 Å². The van der Waals surface area contributed by atoms with Crippen molar-refractivity contribution >= 4 is 22.9 Å². The summed E-state index contributed by atoms with van der Waals surface area (Å²) in [6.07, 6.45) is 3.13. The Kier molecular flexibility index (Phi) is 6.94. The molecule has 1 unspecified atom stereocenters. The number of ether oxygens (including phenoxy) is 1. The molecule has 2 aliphatic heterocycles. The molecular formula is C19H33N3O4S. The first-order valence-electron chi connectivity index (χ1n) is 9.55. The van der Waals surface area contributed by atoms with Crippen molar-refractivity contribution < 1.29 is 18.5 Å². The number of carbonyl (C=O) groups is 2. The monoisotopic (exact) mass is 399 g/mol. The first-order chi connectivity index (χ1) is 12.5. The first kappa shape index (κ1) is 21.7. The fraction of sp³-hybridized carbons (Fsp3) is 0.789. The molecule has 3 amide bonds. The Balaban J connectivity index is 1.79. The van der Waals surface area contributed by atoms with Gasteiger partial charge in [0.25, 0.3) is 0 Å². The van der Waals surface area contributed by atoms with Crippen molar-refractivity contribution in [2.75, 3.05) is 38.5 Å². The van der Waals surface area contributed by atoms with Crippen LogP contribution in [-0.2, 0) is 15.5 Å². The van der Waals surface area contributed by atoms with Gasteiger partial charge in [-0.15, -0.1) is 0 Å². The second kappa shape index (κ2) is 8.63. The smallest absolute Gasteiger partial charge is 0.410 e. The molecule has 0 spiro atoms. The van der Waals surface area contributed by atoms with Crippen LogP contribution in [0.15, 0.2) is 11.6 Å². The SMILES string of the molecule is CC(C)(C)OC(=O)N1CC=C(CNC(=O)N2CCS(=O)C(C)(C)CC2)CC1. The average molecular weight is 400 g/mol. The number of nitrogens with zero attached hydrogens (tertiary/aromatic N) is 2. The molecule has 154 valence electrons. The summed E-state index contributed by atoms with van der Waals surface area (Å²) in [7, 11) is -0.912. The molecule has 0 aromatic rings. The molecule has 0 aromatic heterocycles. The van der Waals surface area contributed by atoms with Crippen molar-refractivity contribution in [2.45, 2.75) is 57.8 Å². The molecule has 2 rings (SSSR count). The van der Waals surface area contributed by atoms with E-state index in [2.05, 4.69) is 5.32 Å². The summed E-state index contributed by atoms with van der Waals surface area (Å²) in [6, 6.07) is -0.111. The highest BCUT2D eigenvalue weighted by Crippen LogP contribution is 2.22. The minimum absolute atomic E-state index is 0.111. The molecular weight excluding hydrogens is 366 g/mol. The number of urea groups is 1. The number of hydrogen-bond donors (Lipinski definition) is 1. The standard InChI is InChI=1S/C19H33N3O4S/c1-18(2,3)26-17(24)22-9-6-15(7-10-22)14-20-16(23)21-11-8-19(4,5)27(25)13-12-21/h6H,7-14H2,1-5H3,(H,20,23). The molecule has 1 N–H and O–H groups in total. The van der Waals surface area contributed by atoms with Crippen LogP contribution >= 0.6 is 0 Å². The molecule has 2 heterocycles. The number of rotatable bonds is 2. The Labute approximate surface area is 164 Å². The van der Waals surface area contributed by atoms with E-state index in [4.69, 9.17) is 4.74 Å². The lowest BCUT2D eigenvalue weighted by atomic mass is 10.1. The van der Waals surface area contributed by atoms with Crippen LogP contribution in [0.25, 0.3) is 0 Å². The van der Waals surface area contributed by atoms with Gasteiger partial charge in [0.2, 0.25) is 0 Å². The van der Waals surface area contributed by atoms with Crippen molar-refractivity contribution in [1.82, 2.24) is 15.1 Å². The van der Waals surface area contributed by atoms with Crippen LogP contribution in [0.1, 0.15) is 47.5 Å². The molecule has 1 saturated heterocycles. The molecule has 1 atom stereocenters. The van der Waals surface area contributed by atoms with Crippen LogP contribution in [0.4, 0.5) is 9.59 Å². The van der Waals surface area contributed by atoms with E-state index in [0.717, 1.165) is 18.4 Å². The van der Waals surface area contributed by atoms with E-state index in [9.17, 15) is 13.8 Å². The Bertz CT molecular complexity index is 625. The third-order valence-electron chi connectivity index (χ3n) is 4.86. The molecule has 27 heavy (non-hydrogen) atoms. The minimum Gasteiger partial charge on any atom is -0.444 e. The highest BCUT2D eigenvalue weighted by Gasteiger charge is 2.31.